The molecule has 0 unspecified atom stereocenters. The van der Waals surface area contributed by atoms with E-state index in [-0.39, 0.29) is 39.3 Å². The Bertz CT molecular complexity index is 1160. The van der Waals surface area contributed by atoms with Crippen molar-refractivity contribution in [2.75, 3.05) is 52.7 Å². The van der Waals surface area contributed by atoms with Gasteiger partial charge < -0.3 is 89.5 Å². The number of hydrogen-bond donors (Lipinski definition) is 11. The second kappa shape index (κ2) is 19.1. The summed E-state index contributed by atoms with van der Waals surface area (Å²) in [5.41, 5.74) is 0. The summed E-state index contributed by atoms with van der Waals surface area (Å²) in [6.07, 6.45) is -23.4. The summed E-state index contributed by atoms with van der Waals surface area (Å²) in [6, 6.07) is 0. The van der Waals surface area contributed by atoms with Gasteiger partial charge in [-0.2, -0.15) is 0 Å². The van der Waals surface area contributed by atoms with Gasteiger partial charge in [0.25, 0.3) is 11.8 Å². The largest absolute Gasteiger partial charge is 0.394 e. The number of aliphatic hydroxyl groups is 10. The fourth-order valence-corrected chi connectivity index (χ4v) is 5.72. The van der Waals surface area contributed by atoms with Crippen LogP contribution in [0.4, 0.5) is 0 Å². The molecule has 4 aliphatic rings. The van der Waals surface area contributed by atoms with Gasteiger partial charge in [0.15, 0.2) is 18.9 Å². The second-order valence-electron chi connectivity index (χ2n) is 12.1. The molecule has 0 bridgehead atoms. The van der Waals surface area contributed by atoms with Crippen LogP contribution in [0.5, 0.6) is 0 Å². The molecular weight excluding hydrogens is 696 g/mol. The molecule has 0 spiro atoms. The van der Waals surface area contributed by atoms with E-state index in [1.165, 1.54) is 0 Å². The van der Waals surface area contributed by atoms with Crippen LogP contribution in [0.25, 0.3) is 0 Å². The zero-order chi connectivity index (χ0) is 37.4. The van der Waals surface area contributed by atoms with E-state index in [0.29, 0.717) is 0 Å². The minimum absolute atomic E-state index is 0.0481. The number of amides is 3. The highest BCUT2D eigenvalue weighted by Gasteiger charge is 2.53. The van der Waals surface area contributed by atoms with Crippen LogP contribution >= 0.6 is 0 Å². The van der Waals surface area contributed by atoms with Crippen molar-refractivity contribution in [3.63, 3.8) is 0 Å². The third-order valence-corrected chi connectivity index (χ3v) is 8.61. The van der Waals surface area contributed by atoms with Crippen LogP contribution in [0.2, 0.25) is 0 Å². The summed E-state index contributed by atoms with van der Waals surface area (Å²) in [7, 11) is 0. The number of rotatable bonds is 17. The van der Waals surface area contributed by atoms with Gasteiger partial charge in [-0.3, -0.25) is 19.3 Å². The van der Waals surface area contributed by atoms with Crippen molar-refractivity contribution in [2.45, 2.75) is 98.5 Å². The number of carbonyl (C=O) groups is 3. The van der Waals surface area contributed by atoms with Gasteiger partial charge in [0, 0.05) is 31.7 Å². The Morgan fingerprint density at radius 3 is 1.82 bits per heavy atom. The third-order valence-electron chi connectivity index (χ3n) is 8.61. The van der Waals surface area contributed by atoms with Crippen LogP contribution in [0, 0.1) is 0 Å². The van der Waals surface area contributed by atoms with Crippen molar-refractivity contribution in [1.82, 2.24) is 10.2 Å². The van der Waals surface area contributed by atoms with E-state index in [0.717, 1.165) is 17.1 Å². The van der Waals surface area contributed by atoms with Gasteiger partial charge >= 0.3 is 0 Å². The highest BCUT2D eigenvalue weighted by atomic mass is 16.8. The van der Waals surface area contributed by atoms with Crippen LogP contribution in [0.15, 0.2) is 12.2 Å². The monoisotopic (exact) mass is 742 g/mol. The molecule has 0 aromatic rings. The quantitative estimate of drug-likeness (QED) is 0.0487. The van der Waals surface area contributed by atoms with E-state index in [9.17, 15) is 65.4 Å². The Hall–Kier alpha value is -2.33. The molecule has 15 atom stereocenters. The Balaban J connectivity index is 1.24. The number of carbonyl (C=O) groups excluding carboxylic acids is 3. The molecule has 3 amide bonds. The molecule has 4 heterocycles. The summed E-state index contributed by atoms with van der Waals surface area (Å²) in [5, 5.41) is 106. The number of imide groups is 1. The maximum Gasteiger partial charge on any atom is 0.253 e. The average molecular weight is 743 g/mol. The molecule has 0 aromatic carbocycles. The Kier molecular flexibility index (Phi) is 15.5. The molecule has 4 rings (SSSR count). The molecule has 0 aliphatic carbocycles. The van der Waals surface area contributed by atoms with E-state index in [1.54, 1.807) is 0 Å². The SMILES string of the molecule is O=C(CCN1C(=O)C=CC1=O)NCCOCCO[C@@H]1O[C@H](CO)[C@@H](O[C@@H]2O[C@H](CO)[C@H](O)[C@H](O[C@H]3O[C@H](CO)[C@H](O)[C@H](O)[C@H]3O)[C@H]2O)[C@H](O)[C@H]1O. The molecular formula is C29H46N2O20. The summed E-state index contributed by atoms with van der Waals surface area (Å²) in [4.78, 5) is 36.0. The van der Waals surface area contributed by atoms with E-state index in [1.807, 2.05) is 0 Å². The molecule has 0 radical (unpaired) electrons. The van der Waals surface area contributed by atoms with Crippen molar-refractivity contribution in [3.8, 4) is 0 Å². The first-order valence-electron chi connectivity index (χ1n) is 16.2. The van der Waals surface area contributed by atoms with Gasteiger partial charge in [0.2, 0.25) is 5.91 Å². The van der Waals surface area contributed by atoms with Crippen LogP contribution in [-0.4, -0.2) is 219 Å². The second-order valence-corrected chi connectivity index (χ2v) is 12.1. The molecule has 0 aromatic heterocycles. The lowest BCUT2D eigenvalue weighted by Gasteiger charge is -2.48. The molecule has 51 heavy (non-hydrogen) atoms. The van der Waals surface area contributed by atoms with Gasteiger partial charge in [-0.05, 0) is 0 Å². The lowest BCUT2D eigenvalue weighted by atomic mass is 9.96. The van der Waals surface area contributed by atoms with E-state index in [2.05, 4.69) is 5.32 Å². The molecule has 3 fully saturated rings. The molecule has 292 valence electrons. The first-order valence-corrected chi connectivity index (χ1v) is 16.2. The highest BCUT2D eigenvalue weighted by molar-refractivity contribution is 6.13. The standard InChI is InChI=1S/C29H46N2O20/c32-9-12-18(38)20(40)22(42)28(47-12)51-26-19(39)13(10-33)48-29(24(26)44)50-25-14(11-34)49-27(23(43)21(25)41)46-8-7-45-6-4-30-15(35)3-5-31-16(36)1-2-17(31)37/h1-2,12-14,18-29,32-34,38-44H,3-11H2,(H,30,35)/t12-,13-,14-,18+,19+,20+,21-,22-,23-,24-,25-,26+,27-,28-,29+/m1/s1. The smallest absolute Gasteiger partial charge is 0.253 e. The summed E-state index contributed by atoms with van der Waals surface area (Å²) in [6.45, 7) is -2.55. The van der Waals surface area contributed by atoms with Crippen LogP contribution in [0.3, 0.4) is 0 Å². The maximum atomic E-state index is 12.0. The Morgan fingerprint density at radius 1 is 0.647 bits per heavy atom. The van der Waals surface area contributed by atoms with Crippen molar-refractivity contribution in [1.29, 1.82) is 0 Å². The lowest BCUT2D eigenvalue weighted by Crippen LogP contribution is -2.66. The topological polar surface area (TPSA) is 333 Å². The van der Waals surface area contributed by atoms with Gasteiger partial charge in [-0.15, -0.1) is 0 Å². The molecule has 0 saturated carbocycles. The minimum Gasteiger partial charge on any atom is -0.394 e. The van der Waals surface area contributed by atoms with Crippen molar-refractivity contribution in [2.24, 2.45) is 0 Å². The number of ether oxygens (including phenoxy) is 7. The molecule has 22 heteroatoms. The van der Waals surface area contributed by atoms with Gasteiger partial charge in [0.05, 0.1) is 39.6 Å². The molecule has 11 N–H and O–H groups in total. The minimum atomic E-state index is -1.95. The Labute approximate surface area is 290 Å². The first-order chi connectivity index (χ1) is 24.3. The summed E-state index contributed by atoms with van der Waals surface area (Å²) < 4.78 is 38.3. The fraction of sp³-hybridized carbons (Fsp3) is 0.828. The number of nitrogens with one attached hydrogen (secondary N) is 1. The number of hydrogen-bond acceptors (Lipinski definition) is 20. The molecule has 4 aliphatic heterocycles. The average Bonchev–Trinajstić information content (AvgIpc) is 3.44. The third kappa shape index (κ3) is 10.0. The van der Waals surface area contributed by atoms with Crippen molar-refractivity contribution >= 4 is 17.7 Å². The van der Waals surface area contributed by atoms with Crippen LogP contribution in [-0.2, 0) is 47.5 Å². The van der Waals surface area contributed by atoms with Gasteiger partial charge in [-0.25, -0.2) is 0 Å². The highest BCUT2D eigenvalue weighted by Crippen LogP contribution is 2.32. The van der Waals surface area contributed by atoms with E-state index in [4.69, 9.17) is 33.2 Å². The van der Waals surface area contributed by atoms with Crippen molar-refractivity contribution < 1.29 is 98.6 Å². The summed E-state index contributed by atoms with van der Waals surface area (Å²) >= 11 is 0. The van der Waals surface area contributed by atoms with E-state index < -0.39 is 130 Å². The van der Waals surface area contributed by atoms with Gasteiger partial charge in [0.1, 0.15) is 73.2 Å². The zero-order valence-corrected chi connectivity index (χ0v) is 27.2. The maximum absolute atomic E-state index is 12.0. The normalized spacial score (nSPS) is 40.2. The number of aliphatic hydroxyl groups excluding tert-OH is 10. The lowest BCUT2D eigenvalue weighted by molar-refractivity contribution is -0.380. The van der Waals surface area contributed by atoms with Crippen molar-refractivity contribution in [3.05, 3.63) is 12.2 Å². The Morgan fingerprint density at radius 2 is 1.20 bits per heavy atom. The molecule has 3 saturated heterocycles. The fourth-order valence-electron chi connectivity index (χ4n) is 5.72. The van der Waals surface area contributed by atoms with Crippen LogP contribution in [0.1, 0.15) is 6.42 Å². The predicted molar refractivity (Wildman–Crippen MR) is 159 cm³/mol. The predicted octanol–water partition coefficient (Wildman–Crippen LogP) is -8.10. The molecule has 22 nitrogen and oxygen atoms in total. The first kappa shape index (κ1) is 41.4. The summed E-state index contributed by atoms with van der Waals surface area (Å²) in [5.74, 6) is -1.39. The van der Waals surface area contributed by atoms with Crippen LogP contribution < -0.4 is 5.32 Å². The number of nitrogens with zero attached hydrogens (tertiary/aromatic N) is 1. The zero-order valence-electron chi connectivity index (χ0n) is 27.2. The van der Waals surface area contributed by atoms with Gasteiger partial charge in [-0.1, -0.05) is 0 Å². The van der Waals surface area contributed by atoms with E-state index >= 15 is 0 Å².